The van der Waals surface area contributed by atoms with Crippen molar-refractivity contribution >= 4 is 11.9 Å². The molecular weight excluding hydrogens is 416 g/mol. The van der Waals surface area contributed by atoms with Gasteiger partial charge in [0.1, 0.15) is 6.61 Å². The number of ether oxygens (including phenoxy) is 2. The highest BCUT2D eigenvalue weighted by Crippen LogP contribution is 2.12. The summed E-state index contributed by atoms with van der Waals surface area (Å²) in [4.78, 5) is 23.0. The van der Waals surface area contributed by atoms with E-state index in [9.17, 15) is 14.7 Å². The first-order valence-corrected chi connectivity index (χ1v) is 13.4. The lowest BCUT2D eigenvalue weighted by Gasteiger charge is -2.15. The molecule has 5 nitrogen and oxygen atoms in total. The Morgan fingerprint density at radius 2 is 1.27 bits per heavy atom. The summed E-state index contributed by atoms with van der Waals surface area (Å²) < 4.78 is 10.1. The molecule has 5 heteroatoms. The van der Waals surface area contributed by atoms with Gasteiger partial charge in [-0.1, -0.05) is 95.9 Å². The van der Waals surface area contributed by atoms with E-state index in [4.69, 9.17) is 9.47 Å². The van der Waals surface area contributed by atoms with Crippen LogP contribution in [0, 0.1) is 0 Å². The fourth-order valence-electron chi connectivity index (χ4n) is 3.44. The summed E-state index contributed by atoms with van der Waals surface area (Å²) in [6.07, 6.45) is 27.1. The van der Waals surface area contributed by atoms with E-state index in [1.807, 2.05) is 0 Å². The Kier molecular flexibility index (Phi) is 23.8. The highest BCUT2D eigenvalue weighted by molar-refractivity contribution is 5.70. The van der Waals surface area contributed by atoms with Gasteiger partial charge in [0.2, 0.25) is 0 Å². The maximum Gasteiger partial charge on any atom is 0.306 e. The molecule has 0 rings (SSSR count). The minimum atomic E-state index is -0.763. The lowest BCUT2D eigenvalue weighted by Crippen LogP contribution is -2.28. The molecule has 0 amide bonds. The number of rotatable bonds is 23. The molecule has 0 aromatic heterocycles. The summed E-state index contributed by atoms with van der Waals surface area (Å²) in [6, 6.07) is 0. The second-order valence-corrected chi connectivity index (χ2v) is 8.73. The molecule has 0 bridgehead atoms. The van der Waals surface area contributed by atoms with Crippen LogP contribution in [0.5, 0.6) is 0 Å². The zero-order valence-corrected chi connectivity index (χ0v) is 21.4. The average molecular weight is 467 g/mol. The number of allylic oxidation sites excluding steroid dienone is 4. The predicted molar refractivity (Wildman–Crippen MR) is 136 cm³/mol. The van der Waals surface area contributed by atoms with Crippen LogP contribution in [-0.4, -0.2) is 36.4 Å². The topological polar surface area (TPSA) is 72.8 Å². The van der Waals surface area contributed by atoms with Crippen LogP contribution in [0.25, 0.3) is 0 Å². The number of aliphatic hydroxyl groups is 1. The third kappa shape index (κ3) is 23.3. The average Bonchev–Trinajstić information content (AvgIpc) is 2.82. The summed E-state index contributed by atoms with van der Waals surface area (Å²) in [7, 11) is 0. The third-order valence-electron chi connectivity index (χ3n) is 5.55. The Bertz CT molecular complexity index is 512. The van der Waals surface area contributed by atoms with Gasteiger partial charge in [-0.25, -0.2) is 0 Å². The monoisotopic (exact) mass is 466 g/mol. The van der Waals surface area contributed by atoms with Crippen LogP contribution in [0.4, 0.5) is 0 Å². The molecular formula is C28H50O5. The molecule has 0 aromatic rings. The maximum absolute atomic E-state index is 11.8. The summed E-state index contributed by atoms with van der Waals surface area (Å²) in [6.45, 7) is 3.51. The highest BCUT2D eigenvalue weighted by Gasteiger charge is 2.15. The van der Waals surface area contributed by atoms with E-state index < -0.39 is 6.10 Å². The van der Waals surface area contributed by atoms with Crippen molar-refractivity contribution in [3.05, 3.63) is 24.3 Å². The number of unbranched alkanes of at least 4 members (excludes halogenated alkanes) is 12. The maximum atomic E-state index is 11.8. The molecule has 0 spiro atoms. The Hall–Kier alpha value is -1.62. The number of esters is 2. The first-order chi connectivity index (χ1) is 16.1. The number of hydrogen-bond donors (Lipinski definition) is 1. The second kappa shape index (κ2) is 25.0. The fraction of sp³-hybridized carbons (Fsp3) is 0.786. The predicted octanol–water partition coefficient (Wildman–Crippen LogP) is 7.22. The van der Waals surface area contributed by atoms with Gasteiger partial charge in [-0.15, -0.1) is 0 Å². The first kappa shape index (κ1) is 31.4. The van der Waals surface area contributed by atoms with Crippen LogP contribution < -0.4 is 0 Å². The molecule has 0 aliphatic heterocycles. The van der Waals surface area contributed by atoms with Gasteiger partial charge < -0.3 is 14.6 Å². The fourth-order valence-corrected chi connectivity index (χ4v) is 3.44. The van der Waals surface area contributed by atoms with E-state index in [1.54, 1.807) is 6.92 Å². The van der Waals surface area contributed by atoms with Gasteiger partial charge in [-0.2, -0.15) is 0 Å². The van der Waals surface area contributed by atoms with Crippen molar-refractivity contribution in [3.63, 3.8) is 0 Å². The van der Waals surface area contributed by atoms with Crippen LogP contribution >= 0.6 is 0 Å². The lowest BCUT2D eigenvalue weighted by atomic mass is 10.1. The van der Waals surface area contributed by atoms with Crippen LogP contribution in [-0.2, 0) is 19.1 Å². The van der Waals surface area contributed by atoms with E-state index in [0.717, 1.165) is 25.7 Å². The largest absolute Gasteiger partial charge is 0.462 e. The Balaban J connectivity index is 3.42. The molecule has 0 saturated carbocycles. The lowest BCUT2D eigenvalue weighted by molar-refractivity contribution is -0.161. The zero-order valence-electron chi connectivity index (χ0n) is 21.4. The van der Waals surface area contributed by atoms with E-state index in [0.29, 0.717) is 6.42 Å². The normalized spacial score (nSPS) is 12.5. The number of hydrogen-bond acceptors (Lipinski definition) is 5. The Morgan fingerprint density at radius 3 is 1.82 bits per heavy atom. The van der Waals surface area contributed by atoms with Crippen molar-refractivity contribution < 1.29 is 24.2 Å². The van der Waals surface area contributed by atoms with Crippen molar-refractivity contribution in [2.75, 3.05) is 13.2 Å². The molecule has 1 N–H and O–H groups in total. The molecule has 0 aliphatic carbocycles. The minimum Gasteiger partial charge on any atom is -0.462 e. The molecule has 0 aliphatic rings. The van der Waals surface area contributed by atoms with Crippen LogP contribution in [0.1, 0.15) is 123 Å². The molecule has 33 heavy (non-hydrogen) atoms. The van der Waals surface area contributed by atoms with E-state index in [-0.39, 0.29) is 31.6 Å². The Morgan fingerprint density at radius 1 is 0.727 bits per heavy atom. The molecule has 0 aromatic carbocycles. The van der Waals surface area contributed by atoms with Gasteiger partial charge in [0.15, 0.2) is 6.10 Å². The number of carbonyl (C=O) groups excluding carboxylic acids is 2. The van der Waals surface area contributed by atoms with Gasteiger partial charge in [-0.05, 0) is 38.5 Å². The van der Waals surface area contributed by atoms with Gasteiger partial charge >= 0.3 is 11.9 Å². The van der Waals surface area contributed by atoms with E-state index >= 15 is 0 Å². The summed E-state index contributed by atoms with van der Waals surface area (Å²) >= 11 is 0. The van der Waals surface area contributed by atoms with Gasteiger partial charge in [-0.3, -0.25) is 9.59 Å². The molecule has 0 heterocycles. The molecule has 1 atom stereocenters. The van der Waals surface area contributed by atoms with Crippen LogP contribution in [0.2, 0.25) is 0 Å². The molecule has 0 fully saturated rings. The molecule has 0 saturated heterocycles. The molecule has 1 unspecified atom stereocenters. The van der Waals surface area contributed by atoms with Gasteiger partial charge in [0.05, 0.1) is 6.61 Å². The van der Waals surface area contributed by atoms with Crippen molar-refractivity contribution in [1.29, 1.82) is 0 Å². The highest BCUT2D eigenvalue weighted by atomic mass is 16.6. The van der Waals surface area contributed by atoms with Crippen molar-refractivity contribution in [3.8, 4) is 0 Å². The van der Waals surface area contributed by atoms with Crippen LogP contribution in [0.3, 0.4) is 0 Å². The van der Waals surface area contributed by atoms with Crippen molar-refractivity contribution in [2.45, 2.75) is 129 Å². The third-order valence-corrected chi connectivity index (χ3v) is 5.55. The van der Waals surface area contributed by atoms with Gasteiger partial charge in [0.25, 0.3) is 0 Å². The smallest absolute Gasteiger partial charge is 0.306 e. The van der Waals surface area contributed by atoms with Crippen molar-refractivity contribution in [1.82, 2.24) is 0 Å². The second-order valence-electron chi connectivity index (χ2n) is 8.73. The quantitative estimate of drug-likeness (QED) is 0.0977. The SMILES string of the molecule is CCCCC/C=C\C/C=C\CCCCCCCCCCCC(=O)OC(CO)COC(=O)CC. The van der Waals surface area contributed by atoms with E-state index in [1.165, 1.54) is 70.6 Å². The first-order valence-electron chi connectivity index (χ1n) is 13.4. The summed E-state index contributed by atoms with van der Waals surface area (Å²) in [5, 5.41) is 9.22. The number of carbonyl (C=O) groups is 2. The molecule has 192 valence electrons. The minimum absolute atomic E-state index is 0.0816. The van der Waals surface area contributed by atoms with Crippen molar-refractivity contribution in [2.24, 2.45) is 0 Å². The Labute approximate surface area is 203 Å². The molecule has 0 radical (unpaired) electrons. The summed E-state index contributed by atoms with van der Waals surface area (Å²) in [5.41, 5.74) is 0. The zero-order chi connectivity index (χ0) is 24.4. The van der Waals surface area contributed by atoms with Crippen LogP contribution in [0.15, 0.2) is 24.3 Å². The van der Waals surface area contributed by atoms with E-state index in [2.05, 4.69) is 31.2 Å². The summed E-state index contributed by atoms with van der Waals surface area (Å²) in [5.74, 6) is -0.698. The number of aliphatic hydroxyl groups excluding tert-OH is 1. The van der Waals surface area contributed by atoms with Gasteiger partial charge in [0, 0.05) is 12.8 Å². The standard InChI is InChI=1S/C28H50O5/c1-3-5-6-7-8-9-10-11-12-13-14-15-16-17-18-19-20-21-22-23-28(31)33-26(24-29)25-32-27(30)4-2/h8-9,11-12,26,29H,3-7,10,13-25H2,1-2H3/b9-8-,12-11-.